The summed E-state index contributed by atoms with van der Waals surface area (Å²) in [6.45, 7) is 0. The molecule has 0 aromatic heterocycles. The predicted octanol–water partition coefficient (Wildman–Crippen LogP) is 3.11. The smallest absolute Gasteiger partial charge is 0.0936 e. The number of rotatable bonds is 0. The average Bonchev–Trinajstić information content (AvgIpc) is 2.88. The molecular weight excluding hydrogens is 236 g/mol. The van der Waals surface area contributed by atoms with Crippen LogP contribution in [0, 0.1) is 29.6 Å². The van der Waals surface area contributed by atoms with Gasteiger partial charge in [0.05, 0.1) is 11.7 Å². The summed E-state index contributed by atoms with van der Waals surface area (Å²) in [6, 6.07) is 0. The highest BCUT2D eigenvalue weighted by molar-refractivity contribution is 5.07. The average molecular weight is 264 g/mol. The Bertz CT molecular complexity index is 355. The Morgan fingerprint density at radius 3 is 2.58 bits per heavy atom. The van der Waals surface area contributed by atoms with Gasteiger partial charge in [-0.05, 0) is 68.1 Å². The van der Waals surface area contributed by atoms with E-state index in [9.17, 15) is 10.2 Å². The van der Waals surface area contributed by atoms with E-state index in [1.807, 2.05) is 0 Å². The molecule has 0 aromatic rings. The molecule has 2 heteroatoms. The van der Waals surface area contributed by atoms with Gasteiger partial charge in [0.2, 0.25) is 0 Å². The largest absolute Gasteiger partial charge is 0.390 e. The minimum Gasteiger partial charge on any atom is -0.390 e. The summed E-state index contributed by atoms with van der Waals surface area (Å²) >= 11 is 0. The molecule has 4 saturated carbocycles. The molecule has 0 amide bonds. The minimum atomic E-state index is -0.731. The second-order valence-electron chi connectivity index (χ2n) is 7.85. The fraction of sp³-hybridized carbons (Fsp3) is 1.00. The van der Waals surface area contributed by atoms with Gasteiger partial charge in [0.25, 0.3) is 0 Å². The minimum absolute atomic E-state index is 0.400. The lowest BCUT2D eigenvalue weighted by molar-refractivity contribution is -0.201. The van der Waals surface area contributed by atoms with E-state index >= 15 is 0 Å². The summed E-state index contributed by atoms with van der Waals surface area (Å²) in [5.41, 5.74) is -0.731. The molecule has 0 aromatic carbocycles. The van der Waals surface area contributed by atoms with Crippen LogP contribution in [0.1, 0.15) is 64.2 Å². The van der Waals surface area contributed by atoms with Gasteiger partial charge < -0.3 is 10.2 Å². The first-order chi connectivity index (χ1) is 9.20. The third-order valence-electron chi connectivity index (χ3n) is 7.26. The molecule has 0 radical (unpaired) electrons. The zero-order valence-corrected chi connectivity index (χ0v) is 11.9. The highest BCUT2D eigenvalue weighted by atomic mass is 16.3. The van der Waals surface area contributed by atoms with Crippen molar-refractivity contribution in [1.29, 1.82) is 0 Å². The van der Waals surface area contributed by atoms with Crippen molar-refractivity contribution >= 4 is 0 Å². The van der Waals surface area contributed by atoms with Gasteiger partial charge in [-0.3, -0.25) is 0 Å². The third kappa shape index (κ3) is 1.75. The maximum Gasteiger partial charge on any atom is 0.0936 e. The van der Waals surface area contributed by atoms with E-state index in [0.717, 1.165) is 43.4 Å². The maximum absolute atomic E-state index is 11.0. The Labute approximate surface area is 116 Å². The van der Waals surface area contributed by atoms with Crippen LogP contribution in [0.3, 0.4) is 0 Å². The van der Waals surface area contributed by atoms with Crippen LogP contribution in [0.5, 0.6) is 0 Å². The summed E-state index contributed by atoms with van der Waals surface area (Å²) in [5, 5.41) is 21.6. The lowest BCUT2D eigenvalue weighted by Gasteiger charge is -2.57. The van der Waals surface area contributed by atoms with E-state index in [-0.39, 0.29) is 0 Å². The van der Waals surface area contributed by atoms with Crippen molar-refractivity contribution in [2.75, 3.05) is 0 Å². The van der Waals surface area contributed by atoms with Crippen molar-refractivity contribution in [2.24, 2.45) is 29.6 Å². The first-order valence-corrected chi connectivity index (χ1v) is 8.60. The van der Waals surface area contributed by atoms with E-state index in [4.69, 9.17) is 0 Å². The summed E-state index contributed by atoms with van der Waals surface area (Å²) in [4.78, 5) is 0. The van der Waals surface area contributed by atoms with Gasteiger partial charge in [-0.15, -0.1) is 0 Å². The van der Waals surface area contributed by atoms with Gasteiger partial charge in [-0.1, -0.05) is 25.7 Å². The number of hydrogen-bond acceptors (Lipinski definition) is 2. The van der Waals surface area contributed by atoms with E-state index in [2.05, 4.69) is 0 Å². The molecule has 4 aliphatic carbocycles. The van der Waals surface area contributed by atoms with E-state index in [0.29, 0.717) is 11.8 Å². The second-order valence-corrected chi connectivity index (χ2v) is 7.85. The van der Waals surface area contributed by atoms with Crippen LogP contribution in [0.25, 0.3) is 0 Å². The van der Waals surface area contributed by atoms with Crippen LogP contribution < -0.4 is 0 Å². The lowest BCUT2D eigenvalue weighted by atomic mass is 9.51. The van der Waals surface area contributed by atoms with Crippen molar-refractivity contribution in [3.8, 4) is 0 Å². The zero-order chi connectivity index (χ0) is 13.0. The first kappa shape index (κ1) is 12.6. The summed E-state index contributed by atoms with van der Waals surface area (Å²) in [6.07, 6.45) is 11.8. The van der Waals surface area contributed by atoms with Crippen LogP contribution in [0.15, 0.2) is 0 Å². The van der Waals surface area contributed by atoms with E-state index in [1.165, 1.54) is 38.5 Å². The molecule has 4 fully saturated rings. The van der Waals surface area contributed by atoms with Gasteiger partial charge in [-0.2, -0.15) is 0 Å². The van der Waals surface area contributed by atoms with Gasteiger partial charge in [0.1, 0.15) is 0 Å². The van der Waals surface area contributed by atoms with Crippen molar-refractivity contribution in [3.05, 3.63) is 0 Å². The molecule has 0 heterocycles. The Hall–Kier alpha value is -0.0800. The van der Waals surface area contributed by atoms with Crippen LogP contribution in [0.4, 0.5) is 0 Å². The summed E-state index contributed by atoms with van der Waals surface area (Å²) in [5.74, 6) is 3.66. The standard InChI is InChI=1S/C17H28O2/c18-16-10-14-12-5-3-4-11(12)7-8-13(14)15-6-1-2-9-17(15,16)19/h11-16,18-19H,1-10H2. The topological polar surface area (TPSA) is 40.5 Å². The monoisotopic (exact) mass is 264 g/mol. The molecular formula is C17H28O2. The fourth-order valence-electron chi connectivity index (χ4n) is 6.44. The van der Waals surface area contributed by atoms with Crippen LogP contribution in [-0.2, 0) is 0 Å². The maximum atomic E-state index is 11.0. The highest BCUT2D eigenvalue weighted by Crippen LogP contribution is 2.58. The molecule has 0 bridgehead atoms. The van der Waals surface area contributed by atoms with E-state index < -0.39 is 11.7 Å². The van der Waals surface area contributed by atoms with Crippen LogP contribution in [-0.4, -0.2) is 21.9 Å². The molecule has 7 atom stereocenters. The molecule has 4 aliphatic rings. The molecule has 2 nitrogen and oxygen atoms in total. The molecule has 4 rings (SSSR count). The Kier molecular flexibility index (Phi) is 2.97. The molecule has 7 unspecified atom stereocenters. The van der Waals surface area contributed by atoms with Gasteiger partial charge in [0.15, 0.2) is 0 Å². The van der Waals surface area contributed by atoms with Gasteiger partial charge >= 0.3 is 0 Å². The molecule has 0 spiro atoms. The third-order valence-corrected chi connectivity index (χ3v) is 7.26. The quantitative estimate of drug-likeness (QED) is 0.706. The summed E-state index contributed by atoms with van der Waals surface area (Å²) in [7, 11) is 0. The number of aliphatic hydroxyl groups is 2. The van der Waals surface area contributed by atoms with Crippen molar-refractivity contribution in [2.45, 2.75) is 75.9 Å². The van der Waals surface area contributed by atoms with E-state index in [1.54, 1.807) is 0 Å². The van der Waals surface area contributed by atoms with Gasteiger partial charge in [0, 0.05) is 0 Å². The SMILES string of the molecule is OC1CC2C3CCCC3CCC2C2CCCCC12O. The second kappa shape index (κ2) is 4.46. The van der Waals surface area contributed by atoms with Crippen LogP contribution in [0.2, 0.25) is 0 Å². The summed E-state index contributed by atoms with van der Waals surface area (Å²) < 4.78 is 0. The molecule has 19 heavy (non-hydrogen) atoms. The molecule has 108 valence electrons. The highest BCUT2D eigenvalue weighted by Gasteiger charge is 2.57. The molecule has 0 aliphatic heterocycles. The van der Waals surface area contributed by atoms with Crippen molar-refractivity contribution in [3.63, 3.8) is 0 Å². The fourth-order valence-corrected chi connectivity index (χ4v) is 6.44. The Morgan fingerprint density at radius 1 is 0.789 bits per heavy atom. The normalized spacial score (nSPS) is 57.2. The molecule has 2 N–H and O–H groups in total. The zero-order valence-electron chi connectivity index (χ0n) is 11.9. The number of hydrogen-bond donors (Lipinski definition) is 2. The molecule has 0 saturated heterocycles. The van der Waals surface area contributed by atoms with Crippen molar-refractivity contribution in [1.82, 2.24) is 0 Å². The lowest BCUT2D eigenvalue weighted by Crippen LogP contribution is -2.60. The number of fused-ring (bicyclic) bond motifs is 5. The predicted molar refractivity (Wildman–Crippen MR) is 74.6 cm³/mol. The van der Waals surface area contributed by atoms with Crippen molar-refractivity contribution < 1.29 is 10.2 Å². The number of aliphatic hydroxyl groups excluding tert-OH is 1. The Morgan fingerprint density at radius 2 is 1.68 bits per heavy atom. The van der Waals surface area contributed by atoms with Crippen LogP contribution >= 0.6 is 0 Å². The first-order valence-electron chi connectivity index (χ1n) is 8.60. The van der Waals surface area contributed by atoms with Gasteiger partial charge in [-0.25, -0.2) is 0 Å². The Balaban J connectivity index is 1.64.